The van der Waals surface area contributed by atoms with E-state index >= 15 is 0 Å². The van der Waals surface area contributed by atoms with Gasteiger partial charge in [-0.3, -0.25) is 10.8 Å². The molecule has 59 heavy (non-hydrogen) atoms. The lowest BCUT2D eigenvalue weighted by molar-refractivity contribution is 0.155. The van der Waals surface area contributed by atoms with E-state index in [1.807, 2.05) is 135 Å². The number of hydrogen-bond donors (Lipinski definition) is 4. The molecule has 0 spiro atoms. The standard InChI is InChI=1S/C24H24ClN3O.C23H21Cl2N3O.CH4/c1-16-7-9-18(10-8-16)14-27-21-5-3-4-6-22(21)28(24(27)26)15-23(29)19-11-12-20(25)17(2)13-19;1-15-12-17(8-11-19(15)25)22(29)14-28-21-5-3-2-4-20(21)27(23(28)26)13-16-6-9-18(24)10-7-16;/h3-13,23,26,29H,14-15H2,1-2H3;2-12,22,26,29H,13-14H2,1H3;1H4. The van der Waals surface area contributed by atoms with E-state index in [1.165, 1.54) is 5.56 Å². The Labute approximate surface area is 359 Å². The summed E-state index contributed by atoms with van der Waals surface area (Å²) < 4.78 is 7.65. The van der Waals surface area contributed by atoms with Gasteiger partial charge in [0, 0.05) is 15.1 Å². The maximum Gasteiger partial charge on any atom is 0.203 e. The Bertz CT molecular complexity index is 2640. The van der Waals surface area contributed by atoms with Crippen LogP contribution in [0.4, 0.5) is 0 Å². The van der Waals surface area contributed by atoms with Gasteiger partial charge in [0.15, 0.2) is 0 Å². The molecule has 8 aromatic rings. The number of benzene rings is 6. The molecule has 0 bridgehead atoms. The minimum atomic E-state index is -0.741. The largest absolute Gasteiger partial charge is 0.387 e. The van der Waals surface area contributed by atoms with Gasteiger partial charge in [-0.05, 0) is 103 Å². The van der Waals surface area contributed by atoms with Crippen molar-refractivity contribution < 1.29 is 10.2 Å². The third kappa shape index (κ3) is 9.59. The normalized spacial score (nSPS) is 12.2. The zero-order valence-corrected chi connectivity index (χ0v) is 34.8. The topological polar surface area (TPSA) is 108 Å². The number of para-hydroxylation sites is 4. The van der Waals surface area contributed by atoms with Gasteiger partial charge >= 0.3 is 0 Å². The van der Waals surface area contributed by atoms with Gasteiger partial charge < -0.3 is 28.5 Å². The minimum Gasteiger partial charge on any atom is -0.387 e. The van der Waals surface area contributed by atoms with E-state index in [0.29, 0.717) is 45.9 Å². The first-order valence-electron chi connectivity index (χ1n) is 19.0. The molecule has 0 aliphatic carbocycles. The molecule has 0 radical (unpaired) electrons. The smallest absolute Gasteiger partial charge is 0.203 e. The van der Waals surface area contributed by atoms with Gasteiger partial charge in [-0.2, -0.15) is 0 Å². The van der Waals surface area contributed by atoms with E-state index in [9.17, 15) is 10.2 Å². The van der Waals surface area contributed by atoms with E-state index < -0.39 is 12.2 Å². The number of halogens is 3. The number of aryl methyl sites for hydroxylation is 3. The third-order valence-corrected chi connectivity index (χ3v) is 11.6. The first-order valence-corrected chi connectivity index (χ1v) is 20.1. The fourth-order valence-corrected chi connectivity index (χ4v) is 7.60. The summed E-state index contributed by atoms with van der Waals surface area (Å²) >= 11 is 18.2. The van der Waals surface area contributed by atoms with Crippen LogP contribution in [-0.4, -0.2) is 28.5 Å². The fraction of sp³-hybridized carbons (Fsp3) is 0.208. The van der Waals surface area contributed by atoms with Crippen LogP contribution in [0.5, 0.6) is 0 Å². The third-order valence-electron chi connectivity index (χ3n) is 10.5. The summed E-state index contributed by atoms with van der Waals surface area (Å²) in [7, 11) is 0. The van der Waals surface area contributed by atoms with Crippen LogP contribution < -0.4 is 11.2 Å². The molecule has 2 atom stereocenters. The summed E-state index contributed by atoms with van der Waals surface area (Å²) in [4.78, 5) is 0. The second-order valence-electron chi connectivity index (χ2n) is 14.7. The minimum absolute atomic E-state index is 0. The van der Waals surface area contributed by atoms with Crippen molar-refractivity contribution in [1.29, 1.82) is 10.8 Å². The molecule has 2 aromatic heterocycles. The number of imidazole rings is 2. The van der Waals surface area contributed by atoms with Gasteiger partial charge in [0.25, 0.3) is 0 Å². The average molecular weight is 848 g/mol. The first-order chi connectivity index (χ1) is 27.9. The van der Waals surface area contributed by atoms with Crippen molar-refractivity contribution >= 4 is 56.9 Å². The number of nitrogens with zero attached hydrogens (tertiary/aromatic N) is 4. The lowest BCUT2D eigenvalue weighted by atomic mass is 10.1. The zero-order valence-electron chi connectivity index (χ0n) is 32.5. The molecule has 2 unspecified atom stereocenters. The second kappa shape index (κ2) is 18.7. The molecule has 4 N–H and O–H groups in total. The number of hydrogen-bond acceptors (Lipinski definition) is 4. The first kappa shape index (κ1) is 43.2. The monoisotopic (exact) mass is 846 g/mol. The fourth-order valence-electron chi connectivity index (χ4n) is 7.23. The van der Waals surface area contributed by atoms with Crippen LogP contribution >= 0.6 is 34.8 Å². The van der Waals surface area contributed by atoms with E-state index in [2.05, 4.69) is 31.2 Å². The lowest BCUT2D eigenvalue weighted by Crippen LogP contribution is -2.27. The summed E-state index contributed by atoms with van der Waals surface area (Å²) in [5.74, 6) is 0. The Kier molecular flexibility index (Phi) is 13.7. The van der Waals surface area contributed by atoms with Crippen molar-refractivity contribution in [1.82, 2.24) is 18.3 Å². The molecule has 0 aliphatic rings. The molecular formula is C48H49Cl3N6O2. The Hall–Kier alpha value is -5.35. The average Bonchev–Trinajstić information content (AvgIpc) is 3.63. The number of aliphatic hydroxyl groups is 2. The summed E-state index contributed by atoms with van der Waals surface area (Å²) in [6.45, 7) is 7.67. The maximum atomic E-state index is 10.8. The van der Waals surface area contributed by atoms with Crippen LogP contribution in [0, 0.1) is 31.6 Å². The number of rotatable bonds is 10. The molecule has 0 saturated carbocycles. The van der Waals surface area contributed by atoms with Crippen molar-refractivity contribution in [3.8, 4) is 0 Å². The van der Waals surface area contributed by atoms with E-state index in [-0.39, 0.29) is 14.0 Å². The number of nitrogens with one attached hydrogen (secondary N) is 2. The SMILES string of the molecule is C.Cc1cc(C(O)Cn2c(=N)n(Cc3ccc(Cl)cc3)c3ccccc32)ccc1Cl.Cc1ccc(Cn2c(=N)n(CC(O)c3ccc(Cl)c(C)c3)c3ccccc32)cc1. The second-order valence-corrected chi connectivity index (χ2v) is 15.9. The highest BCUT2D eigenvalue weighted by atomic mass is 35.5. The molecule has 11 heteroatoms. The number of aromatic nitrogens is 4. The molecule has 2 heterocycles. The van der Waals surface area contributed by atoms with E-state index in [1.54, 1.807) is 6.07 Å². The molecule has 0 amide bonds. The number of aliphatic hydroxyl groups excluding tert-OH is 2. The van der Waals surface area contributed by atoms with Gasteiger partial charge in [-0.1, -0.05) is 133 Å². The molecular weight excluding hydrogens is 799 g/mol. The molecule has 8 nitrogen and oxygen atoms in total. The van der Waals surface area contributed by atoms with Crippen LogP contribution in [0.1, 0.15) is 58.6 Å². The lowest BCUT2D eigenvalue weighted by Gasteiger charge is -2.14. The Balaban J connectivity index is 0.000000195. The quantitative estimate of drug-likeness (QED) is 0.110. The van der Waals surface area contributed by atoms with Crippen molar-refractivity contribution in [2.75, 3.05) is 0 Å². The molecule has 0 fully saturated rings. The highest BCUT2D eigenvalue weighted by Crippen LogP contribution is 2.25. The maximum absolute atomic E-state index is 10.8. The van der Waals surface area contributed by atoms with Crippen LogP contribution in [0.2, 0.25) is 15.1 Å². The summed E-state index contributed by atoms with van der Waals surface area (Å²) in [5.41, 5.74) is 11.4. The van der Waals surface area contributed by atoms with E-state index in [0.717, 1.165) is 55.4 Å². The predicted molar refractivity (Wildman–Crippen MR) is 241 cm³/mol. The van der Waals surface area contributed by atoms with Gasteiger partial charge in [-0.25, -0.2) is 0 Å². The Morgan fingerprint density at radius 2 is 0.847 bits per heavy atom. The zero-order chi connectivity index (χ0) is 41.1. The van der Waals surface area contributed by atoms with Crippen molar-refractivity contribution in [2.24, 2.45) is 0 Å². The molecule has 0 saturated heterocycles. The summed E-state index contributed by atoms with van der Waals surface area (Å²) in [6.07, 6.45) is -1.46. The van der Waals surface area contributed by atoms with Crippen LogP contribution in [0.25, 0.3) is 22.1 Å². The molecule has 6 aromatic carbocycles. The van der Waals surface area contributed by atoms with Gasteiger partial charge in [0.2, 0.25) is 11.2 Å². The van der Waals surface area contributed by atoms with Crippen LogP contribution in [0.15, 0.2) is 133 Å². The van der Waals surface area contributed by atoms with Crippen molar-refractivity contribution in [3.63, 3.8) is 0 Å². The highest BCUT2D eigenvalue weighted by Gasteiger charge is 2.18. The highest BCUT2D eigenvalue weighted by molar-refractivity contribution is 6.31. The summed E-state index contributed by atoms with van der Waals surface area (Å²) in [6, 6.07) is 42.9. The van der Waals surface area contributed by atoms with E-state index in [4.69, 9.17) is 45.6 Å². The van der Waals surface area contributed by atoms with Gasteiger partial charge in [0.05, 0.1) is 60.5 Å². The van der Waals surface area contributed by atoms with Crippen molar-refractivity contribution in [3.05, 3.63) is 199 Å². The number of fused-ring (bicyclic) bond motifs is 2. The molecule has 8 rings (SSSR count). The van der Waals surface area contributed by atoms with Gasteiger partial charge in [0.1, 0.15) is 0 Å². The Morgan fingerprint density at radius 1 is 0.492 bits per heavy atom. The molecule has 304 valence electrons. The van der Waals surface area contributed by atoms with Crippen LogP contribution in [-0.2, 0) is 26.2 Å². The molecule has 0 aliphatic heterocycles. The summed E-state index contributed by atoms with van der Waals surface area (Å²) in [5, 5.41) is 41.3. The Morgan fingerprint density at radius 3 is 1.22 bits per heavy atom. The van der Waals surface area contributed by atoms with Crippen LogP contribution in [0.3, 0.4) is 0 Å². The predicted octanol–water partition coefficient (Wildman–Crippen LogP) is 10.9. The van der Waals surface area contributed by atoms with Gasteiger partial charge in [-0.15, -0.1) is 0 Å². The van der Waals surface area contributed by atoms with Crippen molar-refractivity contribution in [2.45, 2.75) is 66.6 Å².